The van der Waals surface area contributed by atoms with Crippen LogP contribution < -0.4 is 5.32 Å². The second-order valence-corrected chi connectivity index (χ2v) is 6.45. The first-order chi connectivity index (χ1) is 8.91. The third kappa shape index (κ3) is 3.13. The smallest absolute Gasteiger partial charge is 0.162 e. The van der Waals surface area contributed by atoms with Crippen molar-refractivity contribution in [1.82, 2.24) is 9.97 Å². The molecule has 3 nitrogen and oxygen atoms in total. The summed E-state index contributed by atoms with van der Waals surface area (Å²) in [4.78, 5) is 9.37. The van der Waals surface area contributed by atoms with Crippen LogP contribution in [0.1, 0.15) is 39.0 Å². The topological polar surface area (TPSA) is 37.8 Å². The van der Waals surface area contributed by atoms with Crippen LogP contribution in [0, 0.1) is 6.92 Å². The summed E-state index contributed by atoms with van der Waals surface area (Å²) >= 11 is 1.69. The Labute approximate surface area is 119 Å². The van der Waals surface area contributed by atoms with Crippen molar-refractivity contribution in [2.45, 2.75) is 40.0 Å². The number of hydrogen-bond donors (Lipinski definition) is 1. The number of thiophene rings is 1. The van der Waals surface area contributed by atoms with Gasteiger partial charge in [0.15, 0.2) is 5.82 Å². The highest BCUT2D eigenvalue weighted by molar-refractivity contribution is 7.08. The molecule has 0 saturated carbocycles. The molecule has 0 spiro atoms. The van der Waals surface area contributed by atoms with Gasteiger partial charge in [-0.2, -0.15) is 11.3 Å². The van der Waals surface area contributed by atoms with Crippen LogP contribution in [-0.4, -0.2) is 16.5 Å². The molecule has 0 aromatic carbocycles. The largest absolute Gasteiger partial charge is 0.370 e. The average molecular weight is 275 g/mol. The molecule has 1 N–H and O–H groups in total. The molecule has 0 aliphatic carbocycles. The van der Waals surface area contributed by atoms with Gasteiger partial charge in [-0.05, 0) is 24.8 Å². The van der Waals surface area contributed by atoms with Crippen LogP contribution in [0.4, 0.5) is 5.82 Å². The van der Waals surface area contributed by atoms with Crippen molar-refractivity contribution in [3.63, 3.8) is 0 Å². The Hall–Kier alpha value is -1.42. The second-order valence-electron chi connectivity index (χ2n) is 5.71. The number of rotatable bonds is 3. The lowest BCUT2D eigenvalue weighted by Gasteiger charge is -2.19. The quantitative estimate of drug-likeness (QED) is 0.910. The Morgan fingerprint density at radius 3 is 2.47 bits per heavy atom. The minimum atomic E-state index is 0.0196. The van der Waals surface area contributed by atoms with Gasteiger partial charge in [-0.25, -0.2) is 9.97 Å². The monoisotopic (exact) mass is 275 g/mol. The maximum atomic E-state index is 4.75. The SMILES string of the molecule is CCNc1cc(C(C)(C)C)nc(-c2cscc2C)n1. The molecule has 19 heavy (non-hydrogen) atoms. The molecule has 4 heteroatoms. The normalized spacial score (nSPS) is 11.6. The van der Waals surface area contributed by atoms with E-state index in [1.807, 2.05) is 0 Å². The highest BCUT2D eigenvalue weighted by Gasteiger charge is 2.19. The summed E-state index contributed by atoms with van der Waals surface area (Å²) in [5.74, 6) is 1.73. The van der Waals surface area contributed by atoms with E-state index < -0.39 is 0 Å². The molecule has 2 heterocycles. The summed E-state index contributed by atoms with van der Waals surface area (Å²) in [6.07, 6.45) is 0. The lowest BCUT2D eigenvalue weighted by molar-refractivity contribution is 0.568. The first kappa shape index (κ1) is 14.0. The molecule has 2 rings (SSSR count). The average Bonchev–Trinajstić information content (AvgIpc) is 2.74. The number of anilines is 1. The van der Waals surface area contributed by atoms with Crippen molar-refractivity contribution in [2.24, 2.45) is 0 Å². The zero-order chi connectivity index (χ0) is 14.0. The molecule has 0 fully saturated rings. The zero-order valence-corrected chi connectivity index (χ0v) is 13.1. The number of hydrogen-bond acceptors (Lipinski definition) is 4. The van der Waals surface area contributed by atoms with E-state index in [9.17, 15) is 0 Å². The van der Waals surface area contributed by atoms with E-state index in [0.29, 0.717) is 0 Å². The highest BCUT2D eigenvalue weighted by Crippen LogP contribution is 2.28. The molecule has 0 aliphatic rings. The minimum absolute atomic E-state index is 0.0196. The molecule has 102 valence electrons. The number of aryl methyl sites for hydroxylation is 1. The van der Waals surface area contributed by atoms with Crippen molar-refractivity contribution in [2.75, 3.05) is 11.9 Å². The number of nitrogens with one attached hydrogen (secondary N) is 1. The van der Waals surface area contributed by atoms with E-state index >= 15 is 0 Å². The molecule has 2 aromatic heterocycles. The van der Waals surface area contributed by atoms with Gasteiger partial charge < -0.3 is 5.32 Å². The molecular formula is C15H21N3S. The van der Waals surface area contributed by atoms with Crippen LogP contribution in [0.5, 0.6) is 0 Å². The summed E-state index contributed by atoms with van der Waals surface area (Å²) in [6.45, 7) is 11.6. The minimum Gasteiger partial charge on any atom is -0.370 e. The maximum Gasteiger partial charge on any atom is 0.162 e. The Morgan fingerprint density at radius 1 is 1.21 bits per heavy atom. The van der Waals surface area contributed by atoms with Crippen LogP contribution in [-0.2, 0) is 5.41 Å². The third-order valence-corrected chi connectivity index (χ3v) is 3.81. The van der Waals surface area contributed by atoms with Gasteiger partial charge in [-0.1, -0.05) is 20.8 Å². The summed E-state index contributed by atoms with van der Waals surface area (Å²) in [7, 11) is 0. The van der Waals surface area contributed by atoms with Gasteiger partial charge in [0.25, 0.3) is 0 Å². The summed E-state index contributed by atoms with van der Waals surface area (Å²) in [5.41, 5.74) is 3.46. The standard InChI is InChI=1S/C15H21N3S/c1-6-16-13-7-12(15(3,4)5)17-14(18-13)11-9-19-8-10(11)2/h7-9H,6H2,1-5H3,(H,16,17,18). The van der Waals surface area contributed by atoms with Gasteiger partial charge in [0, 0.05) is 29.0 Å². The van der Waals surface area contributed by atoms with E-state index in [4.69, 9.17) is 4.98 Å². The third-order valence-electron chi connectivity index (χ3n) is 2.95. The van der Waals surface area contributed by atoms with Gasteiger partial charge in [-0.3, -0.25) is 0 Å². The van der Waals surface area contributed by atoms with Gasteiger partial charge >= 0.3 is 0 Å². The Bertz CT molecular complexity index is 567. The van der Waals surface area contributed by atoms with Crippen LogP contribution in [0.15, 0.2) is 16.8 Å². The van der Waals surface area contributed by atoms with Crippen molar-refractivity contribution in [3.8, 4) is 11.4 Å². The van der Waals surface area contributed by atoms with E-state index in [-0.39, 0.29) is 5.41 Å². The fourth-order valence-corrected chi connectivity index (χ4v) is 2.64. The predicted molar refractivity (Wildman–Crippen MR) is 82.9 cm³/mol. The molecule has 0 unspecified atom stereocenters. The van der Waals surface area contributed by atoms with Crippen molar-refractivity contribution in [3.05, 3.63) is 28.1 Å². The van der Waals surface area contributed by atoms with E-state index in [0.717, 1.165) is 29.4 Å². The first-order valence-electron chi connectivity index (χ1n) is 6.58. The molecule has 0 amide bonds. The van der Waals surface area contributed by atoms with Gasteiger partial charge in [-0.15, -0.1) is 0 Å². The molecule has 2 aromatic rings. The fraction of sp³-hybridized carbons (Fsp3) is 0.467. The highest BCUT2D eigenvalue weighted by atomic mass is 32.1. The Kier molecular flexibility index (Phi) is 3.90. The van der Waals surface area contributed by atoms with Crippen LogP contribution in [0.25, 0.3) is 11.4 Å². The fourth-order valence-electron chi connectivity index (χ4n) is 1.81. The van der Waals surface area contributed by atoms with Crippen molar-refractivity contribution in [1.29, 1.82) is 0 Å². The van der Waals surface area contributed by atoms with Crippen molar-refractivity contribution < 1.29 is 0 Å². The molecule has 0 radical (unpaired) electrons. The van der Waals surface area contributed by atoms with Crippen LogP contribution in [0.2, 0.25) is 0 Å². The molecule has 0 saturated heterocycles. The summed E-state index contributed by atoms with van der Waals surface area (Å²) in [5, 5.41) is 7.55. The zero-order valence-electron chi connectivity index (χ0n) is 12.2. The molecule has 0 aliphatic heterocycles. The molecule has 0 atom stereocenters. The lowest BCUT2D eigenvalue weighted by Crippen LogP contribution is -2.16. The molecule has 0 bridgehead atoms. The maximum absolute atomic E-state index is 4.75. The predicted octanol–water partition coefficient (Wildman–Crippen LogP) is 4.24. The van der Waals surface area contributed by atoms with Gasteiger partial charge in [0.2, 0.25) is 0 Å². The summed E-state index contributed by atoms with van der Waals surface area (Å²) < 4.78 is 0. The van der Waals surface area contributed by atoms with E-state index in [2.05, 4.69) is 61.7 Å². The number of nitrogens with zero attached hydrogens (tertiary/aromatic N) is 2. The van der Waals surface area contributed by atoms with Gasteiger partial charge in [0.05, 0.1) is 5.69 Å². The second kappa shape index (κ2) is 5.29. The Morgan fingerprint density at radius 2 is 1.95 bits per heavy atom. The van der Waals surface area contributed by atoms with Crippen molar-refractivity contribution >= 4 is 17.2 Å². The van der Waals surface area contributed by atoms with Gasteiger partial charge in [0.1, 0.15) is 5.82 Å². The van der Waals surface area contributed by atoms with E-state index in [1.165, 1.54) is 5.56 Å². The van der Waals surface area contributed by atoms with E-state index in [1.54, 1.807) is 11.3 Å². The molecular weight excluding hydrogens is 254 g/mol. The lowest BCUT2D eigenvalue weighted by atomic mass is 9.91. The van der Waals surface area contributed by atoms with Crippen LogP contribution >= 0.6 is 11.3 Å². The van der Waals surface area contributed by atoms with Crippen LogP contribution in [0.3, 0.4) is 0 Å². The first-order valence-corrected chi connectivity index (χ1v) is 7.52. The Balaban J connectivity index is 2.55. The number of aromatic nitrogens is 2. The summed E-state index contributed by atoms with van der Waals surface area (Å²) in [6, 6.07) is 2.05.